The molecular formula is C17H21N3S. The predicted octanol–water partition coefficient (Wildman–Crippen LogP) is 3.95. The maximum Gasteiger partial charge on any atom is 0.106 e. The van der Waals surface area contributed by atoms with Crippen LogP contribution in [0.4, 0.5) is 0 Å². The Kier molecular flexibility index (Phi) is 4.08. The summed E-state index contributed by atoms with van der Waals surface area (Å²) in [6.45, 7) is 8.17. The molecule has 0 aliphatic carbocycles. The van der Waals surface area contributed by atoms with Crippen molar-refractivity contribution in [3.05, 3.63) is 52.9 Å². The highest BCUT2D eigenvalue weighted by Gasteiger charge is 2.10. The van der Waals surface area contributed by atoms with Crippen LogP contribution in [0.2, 0.25) is 0 Å². The molecular weight excluding hydrogens is 278 g/mol. The molecule has 0 spiro atoms. The fourth-order valence-corrected chi connectivity index (χ4v) is 3.46. The Labute approximate surface area is 129 Å². The third-order valence-corrected chi connectivity index (χ3v) is 4.73. The molecule has 0 atom stereocenters. The van der Waals surface area contributed by atoms with E-state index >= 15 is 0 Å². The van der Waals surface area contributed by atoms with Crippen molar-refractivity contribution in [3.63, 3.8) is 0 Å². The average molecular weight is 299 g/mol. The molecule has 1 aromatic carbocycles. The van der Waals surface area contributed by atoms with Crippen molar-refractivity contribution < 1.29 is 0 Å². The molecule has 3 nitrogen and oxygen atoms in total. The third kappa shape index (κ3) is 3.01. The van der Waals surface area contributed by atoms with E-state index in [2.05, 4.69) is 65.3 Å². The Morgan fingerprint density at radius 2 is 2.10 bits per heavy atom. The fraction of sp³-hybridized carbons (Fsp3) is 0.353. The molecule has 0 amide bonds. The molecule has 0 unspecified atom stereocenters. The second kappa shape index (κ2) is 6.00. The number of imidazole rings is 1. The van der Waals surface area contributed by atoms with Gasteiger partial charge in [0.15, 0.2) is 0 Å². The van der Waals surface area contributed by atoms with Gasteiger partial charge in [0, 0.05) is 23.5 Å². The quantitative estimate of drug-likeness (QED) is 0.773. The van der Waals surface area contributed by atoms with Crippen molar-refractivity contribution in [3.8, 4) is 0 Å². The third-order valence-electron chi connectivity index (χ3n) is 3.72. The normalized spacial score (nSPS) is 11.6. The van der Waals surface area contributed by atoms with Crippen molar-refractivity contribution in [2.45, 2.75) is 39.9 Å². The van der Waals surface area contributed by atoms with Gasteiger partial charge in [-0.15, -0.1) is 11.3 Å². The van der Waals surface area contributed by atoms with Gasteiger partial charge in [0.2, 0.25) is 0 Å². The Hall–Kier alpha value is -1.65. The Morgan fingerprint density at radius 1 is 1.29 bits per heavy atom. The molecule has 21 heavy (non-hydrogen) atoms. The molecule has 0 aliphatic rings. The van der Waals surface area contributed by atoms with Gasteiger partial charge in [-0.1, -0.05) is 32.0 Å². The summed E-state index contributed by atoms with van der Waals surface area (Å²) in [5.74, 6) is 1.07. The number of benzene rings is 1. The zero-order chi connectivity index (χ0) is 14.8. The van der Waals surface area contributed by atoms with E-state index in [1.165, 1.54) is 21.3 Å². The zero-order valence-electron chi connectivity index (χ0n) is 12.8. The Balaban J connectivity index is 1.89. The summed E-state index contributed by atoms with van der Waals surface area (Å²) < 4.78 is 3.66. The van der Waals surface area contributed by atoms with E-state index in [4.69, 9.17) is 0 Å². The molecule has 1 N–H and O–H groups in total. The first-order valence-electron chi connectivity index (χ1n) is 7.34. The molecule has 0 saturated carbocycles. The van der Waals surface area contributed by atoms with E-state index in [0.717, 1.165) is 18.9 Å². The number of hydrogen-bond donors (Lipinski definition) is 1. The van der Waals surface area contributed by atoms with Gasteiger partial charge in [0.05, 0.1) is 12.2 Å². The van der Waals surface area contributed by atoms with E-state index in [9.17, 15) is 0 Å². The zero-order valence-corrected chi connectivity index (χ0v) is 13.6. The second-order valence-electron chi connectivity index (χ2n) is 5.68. The monoisotopic (exact) mass is 299 g/mol. The van der Waals surface area contributed by atoms with Crippen molar-refractivity contribution in [1.29, 1.82) is 0 Å². The van der Waals surface area contributed by atoms with E-state index < -0.39 is 0 Å². The van der Waals surface area contributed by atoms with Crippen molar-refractivity contribution in [2.24, 2.45) is 0 Å². The molecule has 0 radical (unpaired) electrons. The Morgan fingerprint density at radius 3 is 2.90 bits per heavy atom. The molecule has 0 bridgehead atoms. The van der Waals surface area contributed by atoms with Gasteiger partial charge in [-0.25, -0.2) is 4.98 Å². The average Bonchev–Trinajstić information content (AvgIpc) is 3.03. The van der Waals surface area contributed by atoms with Crippen LogP contribution in [0.5, 0.6) is 0 Å². The van der Waals surface area contributed by atoms with Crippen molar-refractivity contribution >= 4 is 21.4 Å². The lowest BCUT2D eigenvalue weighted by Gasteiger charge is -2.12. The number of rotatable bonds is 5. The van der Waals surface area contributed by atoms with E-state index in [0.29, 0.717) is 6.04 Å². The number of thiophene rings is 1. The van der Waals surface area contributed by atoms with Crippen LogP contribution >= 0.6 is 11.3 Å². The van der Waals surface area contributed by atoms with Crippen LogP contribution in [0.15, 0.2) is 35.8 Å². The molecule has 0 aliphatic heterocycles. The lowest BCUT2D eigenvalue weighted by atomic mass is 10.2. The van der Waals surface area contributed by atoms with Crippen LogP contribution in [0.25, 0.3) is 10.1 Å². The van der Waals surface area contributed by atoms with E-state index in [1.807, 2.05) is 17.5 Å². The van der Waals surface area contributed by atoms with Crippen LogP contribution in [-0.2, 0) is 13.1 Å². The first-order chi connectivity index (χ1) is 10.1. The molecule has 110 valence electrons. The van der Waals surface area contributed by atoms with Crippen LogP contribution in [0, 0.1) is 6.92 Å². The van der Waals surface area contributed by atoms with Crippen LogP contribution in [0.1, 0.15) is 30.9 Å². The maximum absolute atomic E-state index is 4.48. The van der Waals surface area contributed by atoms with Gasteiger partial charge in [0.1, 0.15) is 5.82 Å². The van der Waals surface area contributed by atoms with Crippen molar-refractivity contribution in [2.75, 3.05) is 0 Å². The standard InChI is InChI=1S/C17H21N3S/c1-12(2)18-8-15-9-19-13(3)20(15)10-14-11-21-17-7-5-4-6-16(14)17/h4-7,9,11-12,18H,8,10H2,1-3H3. The first kappa shape index (κ1) is 14.3. The van der Waals surface area contributed by atoms with Gasteiger partial charge in [0.25, 0.3) is 0 Å². The number of hydrogen-bond acceptors (Lipinski definition) is 3. The second-order valence-corrected chi connectivity index (χ2v) is 6.59. The summed E-state index contributed by atoms with van der Waals surface area (Å²) in [5.41, 5.74) is 2.62. The first-order valence-corrected chi connectivity index (χ1v) is 8.22. The van der Waals surface area contributed by atoms with Crippen LogP contribution in [-0.4, -0.2) is 15.6 Å². The minimum absolute atomic E-state index is 0.482. The molecule has 2 heterocycles. The molecule has 3 rings (SSSR count). The molecule has 0 saturated heterocycles. The molecule has 3 aromatic rings. The topological polar surface area (TPSA) is 29.9 Å². The van der Waals surface area contributed by atoms with Gasteiger partial charge >= 0.3 is 0 Å². The molecule has 0 fully saturated rings. The smallest absolute Gasteiger partial charge is 0.106 e. The number of fused-ring (bicyclic) bond motifs is 1. The lowest BCUT2D eigenvalue weighted by Crippen LogP contribution is -2.23. The minimum atomic E-state index is 0.482. The largest absolute Gasteiger partial charge is 0.327 e. The Bertz CT molecular complexity index is 739. The summed E-state index contributed by atoms with van der Waals surface area (Å²) in [5, 5.41) is 7.10. The van der Waals surface area contributed by atoms with Gasteiger partial charge in [-0.05, 0) is 29.3 Å². The minimum Gasteiger partial charge on any atom is -0.327 e. The van der Waals surface area contributed by atoms with Gasteiger partial charge in [-0.2, -0.15) is 0 Å². The SMILES string of the molecule is Cc1ncc(CNC(C)C)n1Cc1csc2ccccc12. The predicted molar refractivity (Wildman–Crippen MR) is 89.9 cm³/mol. The summed E-state index contributed by atoms with van der Waals surface area (Å²) in [4.78, 5) is 4.48. The van der Waals surface area contributed by atoms with E-state index in [-0.39, 0.29) is 0 Å². The lowest BCUT2D eigenvalue weighted by molar-refractivity contribution is 0.562. The summed E-state index contributed by atoms with van der Waals surface area (Å²) in [6, 6.07) is 9.09. The van der Waals surface area contributed by atoms with E-state index in [1.54, 1.807) is 0 Å². The molecule has 4 heteroatoms. The fourth-order valence-electron chi connectivity index (χ4n) is 2.51. The highest BCUT2D eigenvalue weighted by Crippen LogP contribution is 2.26. The van der Waals surface area contributed by atoms with Crippen LogP contribution in [0.3, 0.4) is 0 Å². The number of nitrogens with one attached hydrogen (secondary N) is 1. The summed E-state index contributed by atoms with van der Waals surface area (Å²) in [6.07, 6.45) is 1.99. The molecule has 2 aromatic heterocycles. The van der Waals surface area contributed by atoms with Crippen molar-refractivity contribution in [1.82, 2.24) is 14.9 Å². The highest BCUT2D eigenvalue weighted by molar-refractivity contribution is 7.17. The highest BCUT2D eigenvalue weighted by atomic mass is 32.1. The summed E-state index contributed by atoms with van der Waals surface area (Å²) in [7, 11) is 0. The van der Waals surface area contributed by atoms with Gasteiger partial charge in [-0.3, -0.25) is 0 Å². The number of aromatic nitrogens is 2. The summed E-state index contributed by atoms with van der Waals surface area (Å²) >= 11 is 1.82. The van der Waals surface area contributed by atoms with Crippen LogP contribution < -0.4 is 5.32 Å². The number of nitrogens with zero attached hydrogens (tertiary/aromatic N) is 2. The van der Waals surface area contributed by atoms with Gasteiger partial charge < -0.3 is 9.88 Å². The maximum atomic E-state index is 4.48. The number of aryl methyl sites for hydroxylation is 1.